The fourth-order valence-electron chi connectivity index (χ4n) is 2.21. The van der Waals surface area contributed by atoms with Gasteiger partial charge in [0.15, 0.2) is 0 Å². The van der Waals surface area contributed by atoms with E-state index in [1.165, 1.54) is 0 Å². The minimum Gasteiger partial charge on any atom is -0.508 e. The van der Waals surface area contributed by atoms with E-state index in [0.717, 1.165) is 16.5 Å². The quantitative estimate of drug-likeness (QED) is 0.694. The van der Waals surface area contributed by atoms with E-state index in [1.54, 1.807) is 24.4 Å². The SMILES string of the molecule is O=C(NCc1ccccn1)Nc1cccc2ccc(O)cc12. The number of aromatic hydroxyl groups is 1. The number of hydrogen-bond donors (Lipinski definition) is 3. The van der Waals surface area contributed by atoms with Gasteiger partial charge in [0.2, 0.25) is 0 Å². The van der Waals surface area contributed by atoms with Crippen LogP contribution in [0.4, 0.5) is 10.5 Å². The summed E-state index contributed by atoms with van der Waals surface area (Å²) in [6, 6.07) is 15.8. The molecule has 0 saturated heterocycles. The lowest BCUT2D eigenvalue weighted by molar-refractivity contribution is 0.251. The third kappa shape index (κ3) is 3.15. The largest absolute Gasteiger partial charge is 0.508 e. The molecule has 2 amide bonds. The Balaban J connectivity index is 1.73. The fourth-order valence-corrected chi connectivity index (χ4v) is 2.21. The average molecular weight is 293 g/mol. The summed E-state index contributed by atoms with van der Waals surface area (Å²) in [4.78, 5) is 16.1. The summed E-state index contributed by atoms with van der Waals surface area (Å²) in [7, 11) is 0. The van der Waals surface area contributed by atoms with Gasteiger partial charge in [-0.25, -0.2) is 4.79 Å². The van der Waals surface area contributed by atoms with Gasteiger partial charge in [0.05, 0.1) is 17.9 Å². The average Bonchev–Trinajstić information content (AvgIpc) is 2.54. The number of nitrogens with zero attached hydrogens (tertiary/aromatic N) is 1. The molecule has 3 N–H and O–H groups in total. The molecule has 0 spiro atoms. The van der Waals surface area contributed by atoms with Crippen LogP contribution in [0.5, 0.6) is 5.75 Å². The van der Waals surface area contributed by atoms with Gasteiger partial charge >= 0.3 is 6.03 Å². The topological polar surface area (TPSA) is 74.2 Å². The normalized spacial score (nSPS) is 10.4. The minimum atomic E-state index is -0.318. The van der Waals surface area contributed by atoms with Crippen LogP contribution in [0.2, 0.25) is 0 Å². The predicted octanol–water partition coefficient (Wildman–Crippen LogP) is 3.26. The number of urea groups is 1. The third-order valence-corrected chi connectivity index (χ3v) is 3.27. The Labute approximate surface area is 127 Å². The number of carbonyl (C=O) groups excluding carboxylic acids is 1. The van der Waals surface area contributed by atoms with Crippen molar-refractivity contribution in [3.63, 3.8) is 0 Å². The molecule has 3 rings (SSSR count). The van der Waals surface area contributed by atoms with Crippen molar-refractivity contribution in [2.75, 3.05) is 5.32 Å². The van der Waals surface area contributed by atoms with Crippen molar-refractivity contribution in [2.45, 2.75) is 6.54 Å². The highest BCUT2D eigenvalue weighted by molar-refractivity contribution is 6.02. The standard InChI is InChI=1S/C17H15N3O2/c21-14-8-7-12-4-3-6-16(15(12)10-14)20-17(22)19-11-13-5-1-2-9-18-13/h1-10,21H,11H2,(H2,19,20,22). The maximum atomic E-state index is 12.0. The summed E-state index contributed by atoms with van der Waals surface area (Å²) in [6.45, 7) is 0.350. The predicted molar refractivity (Wildman–Crippen MR) is 85.7 cm³/mol. The summed E-state index contributed by atoms with van der Waals surface area (Å²) >= 11 is 0. The van der Waals surface area contributed by atoms with Crippen molar-refractivity contribution in [1.29, 1.82) is 0 Å². The molecule has 0 aliphatic heterocycles. The highest BCUT2D eigenvalue weighted by Gasteiger charge is 2.06. The Kier molecular flexibility index (Phi) is 3.87. The smallest absolute Gasteiger partial charge is 0.319 e. The monoisotopic (exact) mass is 293 g/mol. The van der Waals surface area contributed by atoms with E-state index < -0.39 is 0 Å². The summed E-state index contributed by atoms with van der Waals surface area (Å²) in [5.41, 5.74) is 1.43. The zero-order valence-corrected chi connectivity index (χ0v) is 11.8. The van der Waals surface area contributed by atoms with Crippen LogP contribution in [0.15, 0.2) is 60.8 Å². The molecule has 5 heteroatoms. The van der Waals surface area contributed by atoms with Gasteiger partial charge in [-0.3, -0.25) is 4.98 Å². The van der Waals surface area contributed by atoms with Crippen molar-refractivity contribution in [2.24, 2.45) is 0 Å². The first-order valence-electron chi connectivity index (χ1n) is 6.89. The second-order valence-electron chi connectivity index (χ2n) is 4.84. The van der Waals surface area contributed by atoms with Gasteiger partial charge in [-0.15, -0.1) is 0 Å². The number of hydrogen-bond acceptors (Lipinski definition) is 3. The Morgan fingerprint density at radius 3 is 2.82 bits per heavy atom. The Bertz CT molecular complexity index is 803. The number of phenolic OH excluding ortho intramolecular Hbond substituents is 1. The third-order valence-electron chi connectivity index (χ3n) is 3.27. The van der Waals surface area contributed by atoms with Crippen LogP contribution in [0, 0.1) is 0 Å². The molecular weight excluding hydrogens is 278 g/mol. The van der Waals surface area contributed by atoms with Gasteiger partial charge in [-0.05, 0) is 35.7 Å². The maximum absolute atomic E-state index is 12.0. The van der Waals surface area contributed by atoms with Crippen LogP contribution in [0.3, 0.4) is 0 Å². The van der Waals surface area contributed by atoms with Gasteiger partial charge in [0, 0.05) is 11.6 Å². The lowest BCUT2D eigenvalue weighted by Gasteiger charge is -2.10. The summed E-state index contributed by atoms with van der Waals surface area (Å²) in [5, 5.41) is 16.9. The number of fused-ring (bicyclic) bond motifs is 1. The number of nitrogens with one attached hydrogen (secondary N) is 2. The van der Waals surface area contributed by atoms with Crippen LogP contribution in [-0.2, 0) is 6.54 Å². The summed E-state index contributed by atoms with van der Waals surface area (Å²) < 4.78 is 0. The molecule has 5 nitrogen and oxygen atoms in total. The molecule has 0 aliphatic carbocycles. The number of amides is 2. The number of anilines is 1. The first kappa shape index (κ1) is 13.9. The molecule has 2 aromatic carbocycles. The maximum Gasteiger partial charge on any atom is 0.319 e. The van der Waals surface area contributed by atoms with Crippen LogP contribution < -0.4 is 10.6 Å². The first-order chi connectivity index (χ1) is 10.7. The molecule has 22 heavy (non-hydrogen) atoms. The Morgan fingerprint density at radius 1 is 1.09 bits per heavy atom. The lowest BCUT2D eigenvalue weighted by atomic mass is 10.1. The van der Waals surface area contributed by atoms with Gasteiger partial charge in [0.25, 0.3) is 0 Å². The number of benzene rings is 2. The minimum absolute atomic E-state index is 0.163. The van der Waals surface area contributed by atoms with E-state index in [4.69, 9.17) is 0 Å². The zero-order valence-electron chi connectivity index (χ0n) is 11.8. The van der Waals surface area contributed by atoms with Crippen LogP contribution in [-0.4, -0.2) is 16.1 Å². The van der Waals surface area contributed by atoms with E-state index in [9.17, 15) is 9.90 Å². The Morgan fingerprint density at radius 2 is 2.00 bits per heavy atom. The second-order valence-corrected chi connectivity index (χ2v) is 4.84. The molecular formula is C17H15N3O2. The zero-order chi connectivity index (χ0) is 15.4. The molecule has 0 unspecified atom stereocenters. The van der Waals surface area contributed by atoms with Gasteiger partial charge in [-0.1, -0.05) is 24.3 Å². The highest BCUT2D eigenvalue weighted by atomic mass is 16.3. The van der Waals surface area contributed by atoms with E-state index in [-0.39, 0.29) is 11.8 Å². The summed E-state index contributed by atoms with van der Waals surface area (Å²) in [5.74, 6) is 0.163. The van der Waals surface area contributed by atoms with Crippen molar-refractivity contribution in [3.8, 4) is 5.75 Å². The molecule has 0 atom stereocenters. The van der Waals surface area contributed by atoms with Crippen molar-refractivity contribution < 1.29 is 9.90 Å². The molecule has 0 radical (unpaired) electrons. The van der Waals surface area contributed by atoms with E-state index >= 15 is 0 Å². The van der Waals surface area contributed by atoms with Crippen LogP contribution in [0.25, 0.3) is 10.8 Å². The Hall–Kier alpha value is -3.08. The molecule has 3 aromatic rings. The van der Waals surface area contributed by atoms with Crippen molar-refractivity contribution in [1.82, 2.24) is 10.3 Å². The lowest BCUT2D eigenvalue weighted by Crippen LogP contribution is -2.28. The van der Waals surface area contributed by atoms with Gasteiger partial charge < -0.3 is 15.7 Å². The summed E-state index contributed by atoms with van der Waals surface area (Å²) in [6.07, 6.45) is 1.68. The number of pyridine rings is 1. The first-order valence-corrected chi connectivity index (χ1v) is 6.89. The molecule has 1 aromatic heterocycles. The van der Waals surface area contributed by atoms with E-state index in [2.05, 4.69) is 15.6 Å². The van der Waals surface area contributed by atoms with Crippen LogP contribution in [0.1, 0.15) is 5.69 Å². The van der Waals surface area contributed by atoms with E-state index in [0.29, 0.717) is 12.2 Å². The van der Waals surface area contributed by atoms with Gasteiger partial charge in [-0.2, -0.15) is 0 Å². The number of aromatic nitrogens is 1. The fraction of sp³-hybridized carbons (Fsp3) is 0.0588. The van der Waals surface area contributed by atoms with E-state index in [1.807, 2.05) is 36.4 Å². The molecule has 0 aliphatic rings. The van der Waals surface area contributed by atoms with Gasteiger partial charge in [0.1, 0.15) is 5.75 Å². The second kappa shape index (κ2) is 6.13. The molecule has 0 bridgehead atoms. The number of phenols is 1. The number of rotatable bonds is 3. The highest BCUT2D eigenvalue weighted by Crippen LogP contribution is 2.26. The molecule has 0 fully saturated rings. The van der Waals surface area contributed by atoms with Crippen molar-refractivity contribution >= 4 is 22.5 Å². The molecule has 0 saturated carbocycles. The van der Waals surface area contributed by atoms with Crippen LogP contribution >= 0.6 is 0 Å². The number of carbonyl (C=O) groups is 1. The van der Waals surface area contributed by atoms with Crippen molar-refractivity contribution in [3.05, 3.63) is 66.5 Å². The molecule has 1 heterocycles. The molecule has 110 valence electrons.